The second kappa shape index (κ2) is 6.35. The quantitative estimate of drug-likeness (QED) is 0.832. The van der Waals surface area contributed by atoms with E-state index in [-0.39, 0.29) is 12.5 Å². The number of rotatable bonds is 5. The number of amides is 1. The highest BCUT2D eigenvalue weighted by molar-refractivity contribution is 7.12. The fourth-order valence-electron chi connectivity index (χ4n) is 1.40. The maximum atomic E-state index is 11.7. The Labute approximate surface area is 111 Å². The van der Waals surface area contributed by atoms with E-state index in [9.17, 15) is 9.59 Å². The first kappa shape index (κ1) is 14.4. The van der Waals surface area contributed by atoms with E-state index in [2.05, 4.69) is 0 Å². The van der Waals surface area contributed by atoms with Crippen LogP contribution in [0.1, 0.15) is 16.7 Å². The largest absolute Gasteiger partial charge is 0.481 e. The van der Waals surface area contributed by atoms with Crippen molar-refractivity contribution in [2.45, 2.75) is 13.8 Å². The molecule has 1 atom stereocenters. The number of aryl methyl sites for hydroxylation is 1. The molecule has 0 saturated carbocycles. The predicted octanol–water partition coefficient (Wildman–Crippen LogP) is 2.25. The molecule has 1 heterocycles. The van der Waals surface area contributed by atoms with Crippen LogP contribution in [0.2, 0.25) is 0 Å². The third-order valence-corrected chi connectivity index (χ3v) is 3.46. The van der Waals surface area contributed by atoms with E-state index in [1.54, 1.807) is 31.4 Å². The lowest BCUT2D eigenvalue weighted by atomic mass is 10.2. The van der Waals surface area contributed by atoms with Gasteiger partial charge in [0.2, 0.25) is 5.91 Å². The Bertz CT molecular complexity index is 465. The van der Waals surface area contributed by atoms with Crippen LogP contribution >= 0.6 is 11.3 Å². The van der Waals surface area contributed by atoms with Gasteiger partial charge >= 0.3 is 5.97 Å². The lowest BCUT2D eigenvalue weighted by Crippen LogP contribution is -2.32. The van der Waals surface area contributed by atoms with Gasteiger partial charge in [-0.05, 0) is 25.1 Å². The number of carbonyl (C=O) groups excluding carboxylic acids is 1. The second-order valence-corrected chi connectivity index (χ2v) is 5.56. The predicted molar refractivity (Wildman–Crippen MR) is 72.5 cm³/mol. The number of hydrogen-bond donors (Lipinski definition) is 1. The van der Waals surface area contributed by atoms with Crippen molar-refractivity contribution in [3.63, 3.8) is 0 Å². The van der Waals surface area contributed by atoms with Crippen LogP contribution in [-0.4, -0.2) is 35.5 Å². The van der Waals surface area contributed by atoms with E-state index < -0.39 is 11.9 Å². The zero-order chi connectivity index (χ0) is 13.7. The van der Waals surface area contributed by atoms with Crippen molar-refractivity contribution in [3.05, 3.63) is 28.0 Å². The van der Waals surface area contributed by atoms with Crippen molar-refractivity contribution < 1.29 is 14.7 Å². The molecule has 1 rings (SSSR count). The van der Waals surface area contributed by atoms with Gasteiger partial charge in [-0.2, -0.15) is 0 Å². The molecule has 0 aliphatic heterocycles. The van der Waals surface area contributed by atoms with Crippen LogP contribution in [-0.2, 0) is 9.59 Å². The van der Waals surface area contributed by atoms with Crippen molar-refractivity contribution in [1.82, 2.24) is 4.90 Å². The maximum absolute atomic E-state index is 11.7. The number of nitrogens with zero attached hydrogens (tertiary/aromatic N) is 1. The molecule has 18 heavy (non-hydrogen) atoms. The van der Waals surface area contributed by atoms with Crippen molar-refractivity contribution in [1.29, 1.82) is 0 Å². The molecule has 0 saturated heterocycles. The first-order chi connectivity index (χ1) is 8.40. The summed E-state index contributed by atoms with van der Waals surface area (Å²) in [5.41, 5.74) is 0. The summed E-state index contributed by atoms with van der Waals surface area (Å²) in [6, 6.07) is 3.94. The van der Waals surface area contributed by atoms with Crippen LogP contribution in [0.4, 0.5) is 0 Å². The average molecular weight is 267 g/mol. The zero-order valence-electron chi connectivity index (χ0n) is 10.7. The molecule has 0 aliphatic carbocycles. The van der Waals surface area contributed by atoms with Gasteiger partial charge in [0.05, 0.1) is 5.92 Å². The van der Waals surface area contributed by atoms with Gasteiger partial charge in [-0.25, -0.2) is 0 Å². The van der Waals surface area contributed by atoms with E-state index in [1.807, 2.05) is 19.1 Å². The van der Waals surface area contributed by atoms with Crippen LogP contribution in [0.5, 0.6) is 0 Å². The van der Waals surface area contributed by atoms with Crippen LogP contribution in [0.15, 0.2) is 18.2 Å². The molecule has 0 bridgehead atoms. The first-order valence-electron chi connectivity index (χ1n) is 5.62. The maximum Gasteiger partial charge on any atom is 0.308 e. The Morgan fingerprint density at radius 2 is 2.17 bits per heavy atom. The van der Waals surface area contributed by atoms with Crippen LogP contribution in [0.25, 0.3) is 6.08 Å². The molecule has 0 spiro atoms. The molecule has 1 unspecified atom stereocenters. The number of carbonyl (C=O) groups is 2. The SMILES string of the molecule is Cc1ccc(/C=C/C(=O)N(C)CC(C)C(=O)O)s1. The summed E-state index contributed by atoms with van der Waals surface area (Å²) in [6.07, 6.45) is 3.22. The lowest BCUT2D eigenvalue weighted by molar-refractivity contribution is -0.142. The van der Waals surface area contributed by atoms with Crippen molar-refractivity contribution in [2.24, 2.45) is 5.92 Å². The van der Waals surface area contributed by atoms with E-state index in [0.29, 0.717) is 0 Å². The molecule has 5 heteroatoms. The fourth-order valence-corrected chi connectivity index (χ4v) is 2.18. The van der Waals surface area contributed by atoms with Crippen molar-refractivity contribution in [3.8, 4) is 0 Å². The Morgan fingerprint density at radius 1 is 1.50 bits per heavy atom. The van der Waals surface area contributed by atoms with Gasteiger partial charge in [0, 0.05) is 29.4 Å². The molecule has 4 nitrogen and oxygen atoms in total. The number of likely N-dealkylation sites (N-methyl/N-ethyl adjacent to an activating group) is 1. The Hall–Kier alpha value is -1.62. The van der Waals surface area contributed by atoms with Crippen LogP contribution < -0.4 is 0 Å². The summed E-state index contributed by atoms with van der Waals surface area (Å²) < 4.78 is 0. The minimum absolute atomic E-state index is 0.186. The Morgan fingerprint density at radius 3 is 2.67 bits per heavy atom. The minimum Gasteiger partial charge on any atom is -0.481 e. The summed E-state index contributed by atoms with van der Waals surface area (Å²) in [6.45, 7) is 3.80. The smallest absolute Gasteiger partial charge is 0.308 e. The second-order valence-electron chi connectivity index (χ2n) is 4.24. The Kier molecular flexibility index (Phi) is 5.09. The van der Waals surface area contributed by atoms with Gasteiger partial charge in [-0.15, -0.1) is 11.3 Å². The molecule has 0 radical (unpaired) electrons. The highest BCUT2D eigenvalue weighted by atomic mass is 32.1. The molecule has 0 fully saturated rings. The topological polar surface area (TPSA) is 57.6 Å². The van der Waals surface area contributed by atoms with Crippen LogP contribution in [0.3, 0.4) is 0 Å². The molecule has 98 valence electrons. The summed E-state index contributed by atoms with van der Waals surface area (Å²) >= 11 is 1.61. The van der Waals surface area contributed by atoms with Crippen molar-refractivity contribution >= 4 is 29.3 Å². The molecule has 1 amide bonds. The molecule has 1 aromatic heterocycles. The van der Waals surface area contributed by atoms with Gasteiger partial charge in [-0.1, -0.05) is 6.92 Å². The molecule has 1 aromatic rings. The summed E-state index contributed by atoms with van der Waals surface area (Å²) in [5.74, 6) is -1.64. The van der Waals surface area contributed by atoms with Crippen molar-refractivity contribution in [2.75, 3.05) is 13.6 Å². The van der Waals surface area contributed by atoms with Gasteiger partial charge in [0.1, 0.15) is 0 Å². The molecule has 0 aliphatic rings. The van der Waals surface area contributed by atoms with Gasteiger partial charge in [0.25, 0.3) is 0 Å². The standard InChI is InChI=1S/C13H17NO3S/c1-9(13(16)17)8-14(3)12(15)7-6-11-5-4-10(2)18-11/h4-7,9H,8H2,1-3H3,(H,16,17)/b7-6+. The van der Waals surface area contributed by atoms with E-state index in [4.69, 9.17) is 5.11 Å². The average Bonchev–Trinajstić information content (AvgIpc) is 2.71. The van der Waals surface area contributed by atoms with Gasteiger partial charge < -0.3 is 10.0 Å². The fraction of sp³-hybridized carbons (Fsp3) is 0.385. The zero-order valence-corrected chi connectivity index (χ0v) is 11.5. The molecular weight excluding hydrogens is 250 g/mol. The first-order valence-corrected chi connectivity index (χ1v) is 6.44. The summed E-state index contributed by atoms with van der Waals surface area (Å²) in [4.78, 5) is 26.0. The molecule has 1 N–H and O–H groups in total. The third kappa shape index (κ3) is 4.33. The van der Waals surface area contributed by atoms with Gasteiger partial charge in [-0.3, -0.25) is 9.59 Å². The van der Waals surface area contributed by atoms with Gasteiger partial charge in [0.15, 0.2) is 0 Å². The number of aliphatic carboxylic acids is 1. The normalized spacial score (nSPS) is 12.6. The highest BCUT2D eigenvalue weighted by Gasteiger charge is 2.15. The minimum atomic E-state index is -0.896. The summed E-state index contributed by atoms with van der Waals surface area (Å²) in [7, 11) is 1.60. The Balaban J connectivity index is 2.54. The van der Waals surface area contributed by atoms with E-state index >= 15 is 0 Å². The third-order valence-electron chi connectivity index (χ3n) is 2.50. The summed E-state index contributed by atoms with van der Waals surface area (Å²) in [5, 5.41) is 8.77. The lowest BCUT2D eigenvalue weighted by Gasteiger charge is -2.17. The molecular formula is C13H17NO3S. The highest BCUT2D eigenvalue weighted by Crippen LogP contribution is 2.16. The number of carboxylic acids is 1. The number of hydrogen-bond acceptors (Lipinski definition) is 3. The molecule has 0 aromatic carbocycles. The van der Waals surface area contributed by atoms with E-state index in [0.717, 1.165) is 4.88 Å². The number of carboxylic acid groups (broad SMARTS) is 1. The number of thiophene rings is 1. The van der Waals surface area contributed by atoms with Crippen LogP contribution in [0, 0.1) is 12.8 Å². The van der Waals surface area contributed by atoms with E-state index in [1.165, 1.54) is 15.9 Å². The monoisotopic (exact) mass is 267 g/mol.